The smallest absolute Gasteiger partial charge is 0.241 e. The van der Waals surface area contributed by atoms with Crippen molar-refractivity contribution >= 4 is 5.91 Å². The molecule has 1 saturated heterocycles. The Hall–Kier alpha value is -2.44. The van der Waals surface area contributed by atoms with Crippen molar-refractivity contribution < 1.29 is 9.53 Å². The van der Waals surface area contributed by atoms with Gasteiger partial charge in [0.2, 0.25) is 5.91 Å². The van der Waals surface area contributed by atoms with Crippen LogP contribution in [0.1, 0.15) is 37.4 Å². The Balaban J connectivity index is 1.66. The fourth-order valence-electron chi connectivity index (χ4n) is 3.38. The number of hydrogen-bond donors (Lipinski definition) is 2. The Labute approximate surface area is 160 Å². The molecule has 6 heteroatoms. The number of carbonyl (C=O) groups is 1. The summed E-state index contributed by atoms with van der Waals surface area (Å²) in [5.74, 6) is 1.35. The van der Waals surface area contributed by atoms with Crippen LogP contribution in [0.15, 0.2) is 48.8 Å². The first-order valence-electron chi connectivity index (χ1n) is 9.39. The first-order valence-corrected chi connectivity index (χ1v) is 9.39. The number of ether oxygens (including phenoxy) is 1. The van der Waals surface area contributed by atoms with Gasteiger partial charge in [-0.1, -0.05) is 32.0 Å². The Kier molecular flexibility index (Phi) is 6.42. The lowest BCUT2D eigenvalue weighted by molar-refractivity contribution is -0.134. The van der Waals surface area contributed by atoms with Crippen LogP contribution in [0.25, 0.3) is 0 Å². The molecule has 1 aliphatic heterocycles. The monoisotopic (exact) mass is 368 g/mol. The second-order valence-electron chi connectivity index (χ2n) is 7.38. The van der Waals surface area contributed by atoms with E-state index in [4.69, 9.17) is 4.74 Å². The average molecular weight is 368 g/mol. The molecule has 2 unspecified atom stereocenters. The van der Waals surface area contributed by atoms with Gasteiger partial charge in [-0.2, -0.15) is 0 Å². The second-order valence-corrected chi connectivity index (χ2v) is 7.38. The molecule has 0 saturated carbocycles. The van der Waals surface area contributed by atoms with Gasteiger partial charge in [0.1, 0.15) is 11.8 Å². The zero-order valence-corrected chi connectivity index (χ0v) is 16.2. The molecule has 1 fully saturated rings. The van der Waals surface area contributed by atoms with Crippen molar-refractivity contribution in [3.63, 3.8) is 0 Å². The number of aromatic nitrogens is 1. The van der Waals surface area contributed by atoms with Crippen LogP contribution in [-0.2, 0) is 11.3 Å². The Morgan fingerprint density at radius 1 is 1.26 bits per heavy atom. The van der Waals surface area contributed by atoms with Crippen molar-refractivity contribution in [2.24, 2.45) is 5.92 Å². The van der Waals surface area contributed by atoms with E-state index >= 15 is 0 Å². The normalized spacial score (nSPS) is 19.3. The molecule has 1 aromatic heterocycles. The molecule has 2 atom stereocenters. The highest BCUT2D eigenvalue weighted by molar-refractivity contribution is 5.82. The summed E-state index contributed by atoms with van der Waals surface area (Å²) < 4.78 is 5.21. The molecule has 0 bridgehead atoms. The third-order valence-corrected chi connectivity index (χ3v) is 4.71. The van der Waals surface area contributed by atoms with E-state index in [1.165, 1.54) is 0 Å². The Morgan fingerprint density at radius 3 is 2.67 bits per heavy atom. The van der Waals surface area contributed by atoms with E-state index < -0.39 is 0 Å². The standard InChI is InChI=1S/C21H28N4O2/c1-15(2)13-25(14-16-5-4-10-22-12-16)21(26)20-11-19(23-24-20)17-6-8-18(27-3)9-7-17/h4-10,12,15,19-20,23-24H,11,13-14H2,1-3H3. The maximum atomic E-state index is 13.1. The first kappa shape index (κ1) is 19.3. The number of rotatable bonds is 7. The number of hydrogen-bond acceptors (Lipinski definition) is 5. The van der Waals surface area contributed by atoms with Gasteiger partial charge in [0.15, 0.2) is 0 Å². The van der Waals surface area contributed by atoms with Crippen LogP contribution in [0.2, 0.25) is 0 Å². The second kappa shape index (κ2) is 8.97. The molecule has 0 aliphatic carbocycles. The minimum atomic E-state index is -0.243. The number of hydrazine groups is 1. The van der Waals surface area contributed by atoms with Gasteiger partial charge >= 0.3 is 0 Å². The fraction of sp³-hybridized carbons (Fsp3) is 0.429. The molecule has 2 N–H and O–H groups in total. The average Bonchev–Trinajstić information content (AvgIpc) is 3.17. The van der Waals surface area contributed by atoms with Gasteiger partial charge in [0.25, 0.3) is 0 Å². The van der Waals surface area contributed by atoms with E-state index in [1.54, 1.807) is 13.3 Å². The lowest BCUT2D eigenvalue weighted by Crippen LogP contribution is -2.46. The van der Waals surface area contributed by atoms with Gasteiger partial charge in [-0.05, 0) is 41.7 Å². The number of benzene rings is 1. The van der Waals surface area contributed by atoms with Crippen LogP contribution < -0.4 is 15.6 Å². The predicted octanol–water partition coefficient (Wildman–Crippen LogP) is 2.68. The zero-order valence-electron chi connectivity index (χ0n) is 16.2. The summed E-state index contributed by atoms with van der Waals surface area (Å²) in [5.41, 5.74) is 8.63. The van der Waals surface area contributed by atoms with Gasteiger partial charge in [-0.15, -0.1) is 0 Å². The Morgan fingerprint density at radius 2 is 2.04 bits per heavy atom. The van der Waals surface area contributed by atoms with Crippen molar-refractivity contribution in [3.8, 4) is 5.75 Å². The summed E-state index contributed by atoms with van der Waals surface area (Å²) in [5, 5.41) is 0. The summed E-state index contributed by atoms with van der Waals surface area (Å²) in [7, 11) is 1.66. The highest BCUT2D eigenvalue weighted by atomic mass is 16.5. The first-order chi connectivity index (χ1) is 13.1. The molecule has 1 aromatic carbocycles. The Bertz CT molecular complexity index is 734. The van der Waals surface area contributed by atoms with E-state index in [1.807, 2.05) is 47.5 Å². The zero-order chi connectivity index (χ0) is 19.2. The van der Waals surface area contributed by atoms with E-state index in [9.17, 15) is 4.79 Å². The molecular formula is C21H28N4O2. The molecule has 1 aliphatic rings. The number of pyridine rings is 1. The van der Waals surface area contributed by atoms with Gasteiger partial charge in [-0.3, -0.25) is 9.78 Å². The third kappa shape index (κ3) is 5.05. The minimum absolute atomic E-state index is 0.101. The SMILES string of the molecule is COc1ccc(C2CC(C(=O)N(Cc3cccnc3)CC(C)C)NN2)cc1. The van der Waals surface area contributed by atoms with Crippen LogP contribution in [0.5, 0.6) is 5.75 Å². The van der Waals surface area contributed by atoms with Crippen LogP contribution in [0.3, 0.4) is 0 Å². The molecule has 6 nitrogen and oxygen atoms in total. The van der Waals surface area contributed by atoms with E-state index in [-0.39, 0.29) is 18.0 Å². The lowest BCUT2D eigenvalue weighted by Gasteiger charge is -2.27. The largest absolute Gasteiger partial charge is 0.497 e. The number of nitrogens with one attached hydrogen (secondary N) is 2. The van der Waals surface area contributed by atoms with E-state index in [2.05, 4.69) is 29.7 Å². The quantitative estimate of drug-likeness (QED) is 0.787. The van der Waals surface area contributed by atoms with Crippen molar-refractivity contribution in [3.05, 3.63) is 59.9 Å². The molecule has 0 radical (unpaired) electrons. The van der Waals surface area contributed by atoms with Crippen molar-refractivity contribution in [1.29, 1.82) is 0 Å². The topological polar surface area (TPSA) is 66.5 Å². The molecule has 144 valence electrons. The summed E-state index contributed by atoms with van der Waals surface area (Å²) in [6.07, 6.45) is 4.29. The molecule has 0 spiro atoms. The van der Waals surface area contributed by atoms with E-state index in [0.29, 0.717) is 18.9 Å². The predicted molar refractivity (Wildman–Crippen MR) is 105 cm³/mol. The molecule has 2 aromatic rings. The number of nitrogens with zero attached hydrogens (tertiary/aromatic N) is 2. The minimum Gasteiger partial charge on any atom is -0.497 e. The van der Waals surface area contributed by atoms with Crippen LogP contribution in [0, 0.1) is 5.92 Å². The maximum absolute atomic E-state index is 13.1. The third-order valence-electron chi connectivity index (χ3n) is 4.71. The highest BCUT2D eigenvalue weighted by Gasteiger charge is 2.33. The molecule has 27 heavy (non-hydrogen) atoms. The lowest BCUT2D eigenvalue weighted by atomic mass is 10.0. The van der Waals surface area contributed by atoms with Crippen molar-refractivity contribution in [2.75, 3.05) is 13.7 Å². The van der Waals surface area contributed by atoms with Crippen molar-refractivity contribution in [1.82, 2.24) is 20.7 Å². The number of methoxy groups -OCH3 is 1. The summed E-state index contributed by atoms with van der Waals surface area (Å²) in [6.45, 7) is 5.56. The van der Waals surface area contributed by atoms with Crippen LogP contribution >= 0.6 is 0 Å². The summed E-state index contributed by atoms with van der Waals surface area (Å²) >= 11 is 0. The van der Waals surface area contributed by atoms with Crippen LogP contribution in [0.4, 0.5) is 0 Å². The highest BCUT2D eigenvalue weighted by Crippen LogP contribution is 2.25. The summed E-state index contributed by atoms with van der Waals surface area (Å²) in [6, 6.07) is 11.7. The van der Waals surface area contributed by atoms with Gasteiger partial charge in [0, 0.05) is 31.5 Å². The maximum Gasteiger partial charge on any atom is 0.241 e. The fourth-order valence-corrected chi connectivity index (χ4v) is 3.38. The van der Waals surface area contributed by atoms with E-state index in [0.717, 1.165) is 23.4 Å². The molecule has 1 amide bonds. The summed E-state index contributed by atoms with van der Waals surface area (Å²) in [4.78, 5) is 19.2. The van der Waals surface area contributed by atoms with Gasteiger partial charge in [-0.25, -0.2) is 10.9 Å². The number of carbonyl (C=O) groups excluding carboxylic acids is 1. The van der Waals surface area contributed by atoms with Gasteiger partial charge in [0.05, 0.1) is 7.11 Å². The molecule has 2 heterocycles. The van der Waals surface area contributed by atoms with Crippen LogP contribution in [-0.4, -0.2) is 35.5 Å². The molecule has 3 rings (SSSR count). The number of amides is 1. The molecular weight excluding hydrogens is 340 g/mol. The van der Waals surface area contributed by atoms with Gasteiger partial charge < -0.3 is 9.64 Å². The van der Waals surface area contributed by atoms with Crippen molar-refractivity contribution in [2.45, 2.75) is 38.9 Å².